The lowest BCUT2D eigenvalue weighted by Gasteiger charge is -2.11. The van der Waals surface area contributed by atoms with Crippen LogP contribution in [0.5, 0.6) is 0 Å². The molecule has 1 amide bonds. The zero-order valence-electron chi connectivity index (χ0n) is 19.6. The molecule has 0 saturated heterocycles. The van der Waals surface area contributed by atoms with Crippen molar-refractivity contribution in [2.45, 2.75) is 40.0 Å². The molecule has 176 valence electrons. The molecule has 0 aliphatic heterocycles. The van der Waals surface area contributed by atoms with E-state index in [2.05, 4.69) is 29.4 Å². The molecule has 0 saturated carbocycles. The van der Waals surface area contributed by atoms with Crippen molar-refractivity contribution >= 4 is 5.91 Å². The third kappa shape index (κ3) is 5.75. The quantitative estimate of drug-likeness (QED) is 0.382. The second-order valence-electron chi connectivity index (χ2n) is 8.67. The van der Waals surface area contributed by atoms with Gasteiger partial charge in [-0.25, -0.2) is 9.07 Å². The highest BCUT2D eigenvalue weighted by Gasteiger charge is 2.17. The number of aryl methyl sites for hydroxylation is 2. The monoisotopic (exact) mass is 461 g/mol. The first-order valence-corrected chi connectivity index (χ1v) is 11.4. The standard InChI is InChI=1S/C26H28FN5O2/c1-17(2)7-12-23-16-24(26-30-29-18(3)34-26)31-32(23)22-6-4-5-20(15-22)25(33)28-14-13-19-8-10-21(27)11-9-19/h4-6,8-11,15-17H,7,12-14H2,1-3H3,(H,28,33). The van der Waals surface area contributed by atoms with Crippen LogP contribution >= 0.6 is 0 Å². The Morgan fingerprint density at radius 1 is 1.09 bits per heavy atom. The van der Waals surface area contributed by atoms with Gasteiger partial charge in [0.05, 0.1) is 5.69 Å². The van der Waals surface area contributed by atoms with Gasteiger partial charge >= 0.3 is 0 Å². The van der Waals surface area contributed by atoms with Crippen molar-refractivity contribution in [2.75, 3.05) is 6.54 Å². The summed E-state index contributed by atoms with van der Waals surface area (Å²) in [6.07, 6.45) is 2.45. The molecule has 2 heterocycles. The maximum atomic E-state index is 13.1. The predicted octanol–water partition coefficient (Wildman–Crippen LogP) is 4.93. The normalized spacial score (nSPS) is 11.2. The highest BCUT2D eigenvalue weighted by Crippen LogP contribution is 2.23. The summed E-state index contributed by atoms with van der Waals surface area (Å²) in [7, 11) is 0. The number of halogens is 1. The molecule has 7 nitrogen and oxygen atoms in total. The molecule has 4 aromatic rings. The Balaban J connectivity index is 1.52. The lowest BCUT2D eigenvalue weighted by atomic mass is 10.1. The molecule has 1 N–H and O–H groups in total. The Morgan fingerprint density at radius 2 is 1.88 bits per heavy atom. The SMILES string of the molecule is Cc1nnc(-c2cc(CCC(C)C)n(-c3cccc(C(=O)NCCc4ccc(F)cc4)c3)n2)o1. The summed E-state index contributed by atoms with van der Waals surface area (Å²) in [5.41, 5.74) is 3.90. The Labute approximate surface area is 198 Å². The fourth-order valence-electron chi connectivity index (χ4n) is 3.61. The maximum Gasteiger partial charge on any atom is 0.268 e. The predicted molar refractivity (Wildman–Crippen MR) is 127 cm³/mol. The largest absolute Gasteiger partial charge is 0.420 e. The summed E-state index contributed by atoms with van der Waals surface area (Å²) in [5, 5.41) is 15.6. The van der Waals surface area contributed by atoms with Crippen molar-refractivity contribution in [2.24, 2.45) is 5.92 Å². The van der Waals surface area contributed by atoms with E-state index in [4.69, 9.17) is 9.52 Å². The summed E-state index contributed by atoms with van der Waals surface area (Å²) in [6.45, 7) is 6.56. The van der Waals surface area contributed by atoms with Gasteiger partial charge in [-0.1, -0.05) is 32.0 Å². The van der Waals surface area contributed by atoms with E-state index < -0.39 is 0 Å². The zero-order chi connectivity index (χ0) is 24.1. The van der Waals surface area contributed by atoms with Crippen LogP contribution in [0.25, 0.3) is 17.3 Å². The van der Waals surface area contributed by atoms with E-state index in [-0.39, 0.29) is 11.7 Å². The molecule has 34 heavy (non-hydrogen) atoms. The Morgan fingerprint density at radius 3 is 2.59 bits per heavy atom. The van der Waals surface area contributed by atoms with Crippen molar-refractivity contribution in [3.63, 3.8) is 0 Å². The number of hydrogen-bond acceptors (Lipinski definition) is 5. The average molecular weight is 462 g/mol. The van der Waals surface area contributed by atoms with Crippen molar-refractivity contribution in [1.82, 2.24) is 25.3 Å². The zero-order valence-corrected chi connectivity index (χ0v) is 19.6. The molecular weight excluding hydrogens is 433 g/mol. The van der Waals surface area contributed by atoms with E-state index in [1.54, 1.807) is 25.1 Å². The van der Waals surface area contributed by atoms with Crippen LogP contribution in [-0.2, 0) is 12.8 Å². The summed E-state index contributed by atoms with van der Waals surface area (Å²) in [6, 6.07) is 15.6. The van der Waals surface area contributed by atoms with Crippen molar-refractivity contribution in [3.05, 3.63) is 83.1 Å². The lowest BCUT2D eigenvalue weighted by molar-refractivity contribution is 0.0954. The number of hydrogen-bond donors (Lipinski definition) is 1. The highest BCUT2D eigenvalue weighted by atomic mass is 19.1. The third-order valence-electron chi connectivity index (χ3n) is 5.47. The van der Waals surface area contributed by atoms with Crippen molar-refractivity contribution in [3.8, 4) is 17.3 Å². The first-order chi connectivity index (χ1) is 16.4. The van der Waals surface area contributed by atoms with Crippen LogP contribution in [0, 0.1) is 18.7 Å². The van der Waals surface area contributed by atoms with E-state index in [1.165, 1.54) is 12.1 Å². The first-order valence-electron chi connectivity index (χ1n) is 11.4. The van der Waals surface area contributed by atoms with E-state index in [1.807, 2.05) is 28.9 Å². The average Bonchev–Trinajstić information content (AvgIpc) is 3.45. The molecule has 0 spiro atoms. The fraction of sp³-hybridized carbons (Fsp3) is 0.308. The topological polar surface area (TPSA) is 85.8 Å². The molecule has 0 unspecified atom stereocenters. The number of nitrogens with zero attached hydrogens (tertiary/aromatic N) is 4. The van der Waals surface area contributed by atoms with Crippen LogP contribution in [0.2, 0.25) is 0 Å². The number of amides is 1. The van der Waals surface area contributed by atoms with Gasteiger partial charge in [0.2, 0.25) is 5.89 Å². The van der Waals surface area contributed by atoms with E-state index in [0.717, 1.165) is 29.8 Å². The third-order valence-corrected chi connectivity index (χ3v) is 5.47. The number of carbonyl (C=O) groups excluding carboxylic acids is 1. The number of nitrogens with one attached hydrogen (secondary N) is 1. The molecule has 8 heteroatoms. The summed E-state index contributed by atoms with van der Waals surface area (Å²) in [4.78, 5) is 12.8. The van der Waals surface area contributed by atoms with Gasteiger partial charge in [-0.2, -0.15) is 5.10 Å². The molecule has 0 aliphatic carbocycles. The first kappa shape index (κ1) is 23.4. The van der Waals surface area contributed by atoms with Gasteiger partial charge in [0, 0.05) is 24.7 Å². The minimum Gasteiger partial charge on any atom is -0.420 e. The van der Waals surface area contributed by atoms with Gasteiger partial charge in [-0.05, 0) is 67.1 Å². The minimum atomic E-state index is -0.270. The summed E-state index contributed by atoms with van der Waals surface area (Å²) >= 11 is 0. The van der Waals surface area contributed by atoms with Crippen LogP contribution in [-0.4, -0.2) is 32.4 Å². The minimum absolute atomic E-state index is 0.174. The number of aromatic nitrogens is 4. The van der Waals surface area contributed by atoms with Crippen LogP contribution in [0.15, 0.2) is 59.0 Å². The van der Waals surface area contributed by atoms with Crippen LogP contribution in [0.1, 0.15) is 47.8 Å². The van der Waals surface area contributed by atoms with Gasteiger partial charge < -0.3 is 9.73 Å². The molecule has 4 rings (SSSR count). The highest BCUT2D eigenvalue weighted by molar-refractivity contribution is 5.94. The summed E-state index contributed by atoms with van der Waals surface area (Å²) in [5.74, 6) is 0.945. The number of rotatable bonds is 9. The van der Waals surface area contributed by atoms with Crippen molar-refractivity contribution in [1.29, 1.82) is 0 Å². The Hall–Kier alpha value is -3.81. The smallest absolute Gasteiger partial charge is 0.268 e. The second-order valence-corrected chi connectivity index (χ2v) is 8.67. The fourth-order valence-corrected chi connectivity index (χ4v) is 3.61. The summed E-state index contributed by atoms with van der Waals surface area (Å²) < 4.78 is 20.5. The molecule has 0 fully saturated rings. The van der Waals surface area contributed by atoms with Gasteiger partial charge in [-0.15, -0.1) is 10.2 Å². The molecular formula is C26H28FN5O2. The van der Waals surface area contributed by atoms with Crippen LogP contribution in [0.4, 0.5) is 4.39 Å². The van der Waals surface area contributed by atoms with E-state index >= 15 is 0 Å². The van der Waals surface area contributed by atoms with Crippen LogP contribution < -0.4 is 5.32 Å². The van der Waals surface area contributed by atoms with E-state index in [0.29, 0.717) is 41.9 Å². The lowest BCUT2D eigenvalue weighted by Crippen LogP contribution is -2.25. The Bertz CT molecular complexity index is 1260. The van der Waals surface area contributed by atoms with Gasteiger partial charge in [0.1, 0.15) is 11.5 Å². The van der Waals surface area contributed by atoms with Crippen molar-refractivity contribution < 1.29 is 13.6 Å². The Kier molecular flexibility index (Phi) is 7.15. The van der Waals surface area contributed by atoms with Gasteiger partial charge in [0.25, 0.3) is 11.8 Å². The molecule has 0 atom stereocenters. The van der Waals surface area contributed by atoms with Gasteiger partial charge in [0.15, 0.2) is 0 Å². The maximum absolute atomic E-state index is 13.1. The van der Waals surface area contributed by atoms with E-state index in [9.17, 15) is 9.18 Å². The molecule has 2 aromatic heterocycles. The molecule has 2 aromatic carbocycles. The second kappa shape index (κ2) is 10.4. The number of benzene rings is 2. The molecule has 0 radical (unpaired) electrons. The molecule has 0 aliphatic rings. The van der Waals surface area contributed by atoms with Gasteiger partial charge in [-0.3, -0.25) is 4.79 Å². The van der Waals surface area contributed by atoms with Crippen LogP contribution in [0.3, 0.4) is 0 Å². The number of carbonyl (C=O) groups is 1. The molecule has 0 bridgehead atoms.